The fourth-order valence-corrected chi connectivity index (χ4v) is 4.68. The maximum atomic E-state index is 12.8. The van der Waals surface area contributed by atoms with Gasteiger partial charge in [-0.15, -0.1) is 0 Å². The van der Waals surface area contributed by atoms with E-state index in [4.69, 9.17) is 0 Å². The zero-order chi connectivity index (χ0) is 23.0. The number of aromatic nitrogens is 2. The number of amides is 1. The number of carbonyl (C=O) groups is 1. The molecule has 0 atom stereocenters. The normalized spacial score (nSPS) is 12.5. The summed E-state index contributed by atoms with van der Waals surface area (Å²) >= 11 is 0. The van der Waals surface area contributed by atoms with Gasteiger partial charge < -0.3 is 5.32 Å². The lowest BCUT2D eigenvalue weighted by molar-refractivity contribution is 0.102. The van der Waals surface area contributed by atoms with Crippen LogP contribution in [0.1, 0.15) is 43.2 Å². The molecule has 1 aromatic carbocycles. The monoisotopic (exact) mass is 442 g/mol. The van der Waals surface area contributed by atoms with Crippen molar-refractivity contribution in [3.05, 3.63) is 72.6 Å². The third-order valence-corrected chi connectivity index (χ3v) is 6.69. The molecule has 0 saturated carbocycles. The summed E-state index contributed by atoms with van der Waals surface area (Å²) in [7, 11) is -3.55. The highest BCUT2D eigenvalue weighted by Crippen LogP contribution is 2.20. The van der Waals surface area contributed by atoms with Gasteiger partial charge in [0.05, 0.1) is 28.0 Å². The van der Waals surface area contributed by atoms with Crippen molar-refractivity contribution < 1.29 is 13.2 Å². The van der Waals surface area contributed by atoms with Gasteiger partial charge in [-0.3, -0.25) is 4.79 Å². The average molecular weight is 443 g/mol. The van der Waals surface area contributed by atoms with Crippen molar-refractivity contribution in [1.29, 1.82) is 0 Å². The zero-order valence-electron chi connectivity index (χ0n) is 18.5. The SMILES string of the molecule is C=C/C=C(\C=C/C)n1ncc(C(=O)Nc2ccc(S(=O)(=O)N(CC)CCC)cc2)c1C. The Balaban J connectivity index is 2.22. The van der Waals surface area contributed by atoms with E-state index < -0.39 is 10.0 Å². The van der Waals surface area contributed by atoms with Crippen molar-refractivity contribution in [2.45, 2.75) is 39.0 Å². The van der Waals surface area contributed by atoms with E-state index in [2.05, 4.69) is 17.0 Å². The van der Waals surface area contributed by atoms with Gasteiger partial charge in [-0.25, -0.2) is 13.1 Å². The highest BCUT2D eigenvalue weighted by atomic mass is 32.2. The number of carbonyl (C=O) groups excluding carboxylic acids is 1. The first-order valence-corrected chi connectivity index (χ1v) is 11.7. The van der Waals surface area contributed by atoms with Crippen LogP contribution in [0.5, 0.6) is 0 Å². The van der Waals surface area contributed by atoms with E-state index in [0.29, 0.717) is 30.0 Å². The van der Waals surface area contributed by atoms with Gasteiger partial charge in [0.1, 0.15) is 0 Å². The number of hydrogen-bond donors (Lipinski definition) is 1. The van der Waals surface area contributed by atoms with Crippen molar-refractivity contribution in [3.8, 4) is 0 Å². The van der Waals surface area contributed by atoms with Gasteiger partial charge in [-0.2, -0.15) is 9.40 Å². The van der Waals surface area contributed by atoms with E-state index in [9.17, 15) is 13.2 Å². The van der Waals surface area contributed by atoms with Gasteiger partial charge in [0.15, 0.2) is 0 Å². The summed E-state index contributed by atoms with van der Waals surface area (Å²) in [6, 6.07) is 6.20. The fraction of sp³-hybridized carbons (Fsp3) is 0.304. The van der Waals surface area contributed by atoms with E-state index in [0.717, 1.165) is 12.1 Å². The van der Waals surface area contributed by atoms with Crippen molar-refractivity contribution in [3.63, 3.8) is 0 Å². The molecule has 0 spiro atoms. The first-order chi connectivity index (χ1) is 14.8. The number of hydrogen-bond acceptors (Lipinski definition) is 4. The minimum absolute atomic E-state index is 0.204. The topological polar surface area (TPSA) is 84.3 Å². The molecule has 0 fully saturated rings. The minimum atomic E-state index is -3.55. The maximum Gasteiger partial charge on any atom is 0.259 e. The molecule has 0 unspecified atom stereocenters. The Bertz CT molecular complexity index is 1080. The lowest BCUT2D eigenvalue weighted by Crippen LogP contribution is -2.31. The lowest BCUT2D eigenvalue weighted by Gasteiger charge is -2.19. The molecule has 1 amide bonds. The molecule has 0 bridgehead atoms. The number of nitrogens with one attached hydrogen (secondary N) is 1. The Morgan fingerprint density at radius 1 is 1.26 bits per heavy atom. The molecular weight excluding hydrogens is 412 g/mol. The summed E-state index contributed by atoms with van der Waals surface area (Å²) in [5.74, 6) is -0.320. The molecule has 7 nitrogen and oxygen atoms in total. The van der Waals surface area contributed by atoms with E-state index in [1.807, 2.05) is 39.8 Å². The van der Waals surface area contributed by atoms with Crippen LogP contribution in [0.2, 0.25) is 0 Å². The summed E-state index contributed by atoms with van der Waals surface area (Å²) < 4.78 is 28.6. The summed E-state index contributed by atoms with van der Waals surface area (Å²) in [5.41, 5.74) is 2.40. The first kappa shape index (κ1) is 24.3. The number of rotatable bonds is 10. The smallest absolute Gasteiger partial charge is 0.259 e. The molecular formula is C23H30N4O3S. The molecule has 1 aromatic heterocycles. The molecule has 31 heavy (non-hydrogen) atoms. The molecule has 8 heteroatoms. The van der Waals surface area contributed by atoms with E-state index in [1.54, 1.807) is 29.0 Å². The van der Waals surface area contributed by atoms with Crippen LogP contribution in [0.3, 0.4) is 0 Å². The van der Waals surface area contributed by atoms with E-state index in [-0.39, 0.29) is 10.8 Å². The summed E-state index contributed by atoms with van der Waals surface area (Å²) in [4.78, 5) is 13.0. The van der Waals surface area contributed by atoms with Gasteiger partial charge in [0.25, 0.3) is 5.91 Å². The molecule has 0 aliphatic heterocycles. The van der Waals surface area contributed by atoms with Crippen molar-refractivity contribution in [2.75, 3.05) is 18.4 Å². The second-order valence-corrected chi connectivity index (χ2v) is 8.80. The third kappa shape index (κ3) is 5.59. The third-order valence-electron chi connectivity index (χ3n) is 4.70. The number of allylic oxidation sites excluding steroid dienone is 5. The van der Waals surface area contributed by atoms with Crippen LogP contribution < -0.4 is 5.32 Å². The van der Waals surface area contributed by atoms with Crippen LogP contribution in [0.15, 0.2) is 66.2 Å². The second-order valence-electron chi connectivity index (χ2n) is 6.86. The maximum absolute atomic E-state index is 12.8. The van der Waals surface area contributed by atoms with Crippen molar-refractivity contribution in [1.82, 2.24) is 14.1 Å². The van der Waals surface area contributed by atoms with Gasteiger partial charge in [-0.1, -0.05) is 32.6 Å². The molecule has 0 aliphatic carbocycles. The summed E-state index contributed by atoms with van der Waals surface area (Å²) in [6.07, 6.45) is 9.47. The lowest BCUT2D eigenvalue weighted by atomic mass is 10.2. The van der Waals surface area contributed by atoms with Gasteiger partial charge >= 0.3 is 0 Å². The Kier molecular flexibility index (Phi) is 8.53. The summed E-state index contributed by atoms with van der Waals surface area (Å²) in [6.45, 7) is 12.1. The van der Waals surface area contributed by atoms with Gasteiger partial charge in [0.2, 0.25) is 10.0 Å². The minimum Gasteiger partial charge on any atom is -0.322 e. The van der Waals surface area contributed by atoms with Crippen molar-refractivity contribution >= 4 is 27.3 Å². The van der Waals surface area contributed by atoms with Crippen LogP contribution in [0.25, 0.3) is 5.70 Å². The molecule has 2 aromatic rings. The Morgan fingerprint density at radius 3 is 2.48 bits per heavy atom. The molecule has 0 radical (unpaired) electrons. The Hall–Kier alpha value is -2.97. The predicted molar refractivity (Wildman–Crippen MR) is 125 cm³/mol. The quantitative estimate of drug-likeness (QED) is 0.550. The predicted octanol–water partition coefficient (Wildman–Crippen LogP) is 4.47. The number of sulfonamides is 1. The van der Waals surface area contributed by atoms with Crippen LogP contribution in [-0.2, 0) is 10.0 Å². The van der Waals surface area contributed by atoms with E-state index >= 15 is 0 Å². The van der Waals surface area contributed by atoms with Crippen LogP contribution >= 0.6 is 0 Å². The van der Waals surface area contributed by atoms with Crippen LogP contribution in [0.4, 0.5) is 5.69 Å². The number of anilines is 1. The van der Waals surface area contributed by atoms with Gasteiger partial charge in [0, 0.05) is 18.8 Å². The van der Waals surface area contributed by atoms with Crippen LogP contribution in [0, 0.1) is 6.92 Å². The number of nitrogens with zero attached hydrogens (tertiary/aromatic N) is 3. The standard InChI is InChI=1S/C23H30N4O3S/c1-6-10-20(11-7-2)27-18(5)22(17-24-27)23(28)25-19-12-14-21(15-13-19)31(29,30)26(9-4)16-8-3/h6-7,10-15,17H,1,8-9,16H2,2-5H3,(H,25,28)/b11-7-,20-10+. The van der Waals surface area contributed by atoms with E-state index in [1.165, 1.54) is 22.6 Å². The van der Waals surface area contributed by atoms with Gasteiger partial charge in [-0.05, 0) is 56.7 Å². The second kappa shape index (κ2) is 10.9. The Labute approximate surface area is 184 Å². The molecule has 0 aliphatic rings. The number of benzene rings is 1. The largest absolute Gasteiger partial charge is 0.322 e. The molecule has 166 valence electrons. The average Bonchev–Trinajstić information content (AvgIpc) is 3.13. The Morgan fingerprint density at radius 2 is 1.94 bits per heavy atom. The van der Waals surface area contributed by atoms with Crippen LogP contribution in [-0.4, -0.2) is 41.5 Å². The highest BCUT2D eigenvalue weighted by molar-refractivity contribution is 7.89. The molecule has 0 saturated heterocycles. The first-order valence-electron chi connectivity index (χ1n) is 10.2. The molecule has 1 heterocycles. The molecule has 1 N–H and O–H groups in total. The summed E-state index contributed by atoms with van der Waals surface area (Å²) in [5, 5.41) is 7.12. The zero-order valence-corrected chi connectivity index (χ0v) is 19.3. The molecule has 2 rings (SSSR count). The van der Waals surface area contributed by atoms with Crippen molar-refractivity contribution in [2.24, 2.45) is 0 Å². The highest BCUT2D eigenvalue weighted by Gasteiger charge is 2.22. The fourth-order valence-electron chi connectivity index (χ4n) is 3.14.